The molecule has 4 rings (SSSR count). The molecule has 0 bridgehead atoms. The average Bonchev–Trinajstić information content (AvgIpc) is 3.01. The van der Waals surface area contributed by atoms with Gasteiger partial charge in [-0.15, -0.1) is 0 Å². The lowest BCUT2D eigenvalue weighted by atomic mass is 9.74. The Morgan fingerprint density at radius 2 is 1.97 bits per heavy atom. The van der Waals surface area contributed by atoms with Crippen molar-refractivity contribution in [3.8, 4) is 0 Å². The van der Waals surface area contributed by atoms with E-state index in [1.807, 2.05) is 18.3 Å². The van der Waals surface area contributed by atoms with Crippen LogP contribution < -0.4 is 10.6 Å². The van der Waals surface area contributed by atoms with Crippen LogP contribution in [0.2, 0.25) is 0 Å². The summed E-state index contributed by atoms with van der Waals surface area (Å²) in [4.78, 5) is 19.2. The molecular weight excluding hydrogens is 386 g/mol. The summed E-state index contributed by atoms with van der Waals surface area (Å²) in [7, 11) is 1.75. The van der Waals surface area contributed by atoms with Crippen molar-refractivity contribution in [3.05, 3.63) is 30.1 Å². The molecule has 2 aliphatic carbocycles. The molecule has 0 radical (unpaired) electrons. The second-order valence-electron chi connectivity index (χ2n) is 10.1. The zero-order valence-electron chi connectivity index (χ0n) is 19.0. The highest BCUT2D eigenvalue weighted by Gasteiger charge is 2.49. The number of likely N-dealkylation sites (N-methyl/N-ethyl adjacent to an activating group) is 1. The van der Waals surface area contributed by atoms with Gasteiger partial charge in [0.15, 0.2) is 5.96 Å². The van der Waals surface area contributed by atoms with E-state index in [1.165, 1.54) is 56.3 Å². The number of nitrogens with zero attached hydrogens (tertiary/aromatic N) is 2. The average molecular weight is 426 g/mol. The van der Waals surface area contributed by atoms with Gasteiger partial charge in [-0.1, -0.05) is 51.0 Å². The zero-order valence-corrected chi connectivity index (χ0v) is 19.0. The molecule has 2 heterocycles. The highest BCUT2D eigenvalue weighted by Crippen LogP contribution is 2.38. The number of guanidine groups is 1. The molecule has 6 heteroatoms. The number of hydrogen-bond donors (Lipinski definition) is 3. The van der Waals surface area contributed by atoms with E-state index in [0.717, 1.165) is 43.8 Å². The Morgan fingerprint density at radius 1 is 1.16 bits per heavy atom. The van der Waals surface area contributed by atoms with Crippen molar-refractivity contribution in [3.63, 3.8) is 0 Å². The van der Waals surface area contributed by atoms with Crippen LogP contribution in [0.15, 0.2) is 24.4 Å². The Balaban J connectivity index is 1.37. The van der Waals surface area contributed by atoms with E-state index >= 15 is 0 Å². The van der Waals surface area contributed by atoms with Gasteiger partial charge < -0.3 is 10.6 Å². The topological polar surface area (TPSA) is 81.1 Å². The molecule has 3 N–H and O–H groups in total. The second kappa shape index (κ2) is 10.1. The summed E-state index contributed by atoms with van der Waals surface area (Å²) in [5.74, 6) is 1.64. The van der Waals surface area contributed by atoms with E-state index in [-0.39, 0.29) is 11.9 Å². The van der Waals surface area contributed by atoms with Crippen molar-refractivity contribution in [1.82, 2.24) is 20.5 Å². The number of nitrogens with one attached hydrogen (secondary N) is 3. The summed E-state index contributed by atoms with van der Waals surface area (Å²) >= 11 is 0. The number of aromatic nitrogens is 1. The Bertz CT molecular complexity index is 748. The fourth-order valence-corrected chi connectivity index (χ4v) is 6.03. The van der Waals surface area contributed by atoms with Crippen LogP contribution in [-0.2, 0) is 11.3 Å². The van der Waals surface area contributed by atoms with Crippen LogP contribution >= 0.6 is 0 Å². The van der Waals surface area contributed by atoms with E-state index in [2.05, 4.69) is 21.7 Å². The van der Waals surface area contributed by atoms with Crippen molar-refractivity contribution >= 4 is 11.9 Å². The van der Waals surface area contributed by atoms with Gasteiger partial charge in [-0.3, -0.25) is 20.1 Å². The van der Waals surface area contributed by atoms with Gasteiger partial charge in [0.2, 0.25) is 0 Å². The fraction of sp³-hybridized carbons (Fsp3) is 0.720. The number of pyridine rings is 1. The van der Waals surface area contributed by atoms with Crippen LogP contribution in [0, 0.1) is 17.2 Å². The molecule has 1 aliphatic heterocycles. The van der Waals surface area contributed by atoms with Gasteiger partial charge in [-0.25, -0.2) is 0 Å². The third-order valence-electron chi connectivity index (χ3n) is 7.83. The van der Waals surface area contributed by atoms with Gasteiger partial charge in [0.1, 0.15) is 5.54 Å². The maximum absolute atomic E-state index is 13.3. The molecule has 6 nitrogen and oxygen atoms in total. The second-order valence-corrected chi connectivity index (χ2v) is 10.1. The highest BCUT2D eigenvalue weighted by atomic mass is 16.2. The summed E-state index contributed by atoms with van der Waals surface area (Å²) in [6.07, 6.45) is 16.0. The van der Waals surface area contributed by atoms with Crippen molar-refractivity contribution in [2.75, 3.05) is 7.05 Å². The molecule has 1 aromatic heterocycles. The van der Waals surface area contributed by atoms with E-state index in [0.29, 0.717) is 12.0 Å². The molecule has 170 valence electrons. The minimum Gasteiger partial charge on any atom is -0.342 e. The molecule has 1 saturated heterocycles. The van der Waals surface area contributed by atoms with E-state index in [9.17, 15) is 4.79 Å². The Hall–Kier alpha value is -1.95. The van der Waals surface area contributed by atoms with Gasteiger partial charge >= 0.3 is 0 Å². The van der Waals surface area contributed by atoms with E-state index < -0.39 is 5.54 Å². The zero-order chi connectivity index (χ0) is 21.7. The lowest BCUT2D eigenvalue weighted by Gasteiger charge is -2.37. The molecular formula is C25H39N5O. The number of amides is 1. The third-order valence-corrected chi connectivity index (χ3v) is 7.83. The number of hydrogen-bond acceptors (Lipinski definition) is 4. The maximum Gasteiger partial charge on any atom is 0.254 e. The summed E-state index contributed by atoms with van der Waals surface area (Å²) < 4.78 is 0. The molecule has 0 unspecified atom stereocenters. The molecule has 2 saturated carbocycles. The molecule has 3 atom stereocenters. The van der Waals surface area contributed by atoms with Crippen LogP contribution in [0.4, 0.5) is 0 Å². The quantitative estimate of drug-likeness (QED) is 0.583. The van der Waals surface area contributed by atoms with Crippen LogP contribution in [0.25, 0.3) is 0 Å². The maximum atomic E-state index is 13.3. The minimum absolute atomic E-state index is 0.108. The number of rotatable bonds is 8. The minimum atomic E-state index is -0.573. The van der Waals surface area contributed by atoms with Crippen LogP contribution in [0.1, 0.15) is 82.7 Å². The molecule has 3 fully saturated rings. The Labute approximate surface area is 187 Å². The Kier molecular flexibility index (Phi) is 7.26. The van der Waals surface area contributed by atoms with Gasteiger partial charge in [0.05, 0.1) is 5.69 Å². The molecule has 3 aliphatic rings. The highest BCUT2D eigenvalue weighted by molar-refractivity contribution is 6.07. The molecule has 0 aromatic carbocycles. The first kappa shape index (κ1) is 22.3. The summed E-state index contributed by atoms with van der Waals surface area (Å²) in [6.45, 7) is 0.801. The first-order valence-electron chi connectivity index (χ1n) is 12.3. The lowest BCUT2D eigenvalue weighted by Crippen LogP contribution is -2.49. The van der Waals surface area contributed by atoms with Crippen LogP contribution in [0.5, 0.6) is 0 Å². The van der Waals surface area contributed by atoms with Crippen molar-refractivity contribution in [1.29, 1.82) is 5.41 Å². The summed E-state index contributed by atoms with van der Waals surface area (Å²) in [6, 6.07) is 6.53. The molecule has 1 amide bonds. The molecule has 31 heavy (non-hydrogen) atoms. The van der Waals surface area contributed by atoms with Gasteiger partial charge in [-0.2, -0.15) is 0 Å². The number of carbonyl (C=O) groups is 1. The van der Waals surface area contributed by atoms with Gasteiger partial charge in [-0.05, 0) is 56.1 Å². The van der Waals surface area contributed by atoms with E-state index in [1.54, 1.807) is 7.05 Å². The first-order chi connectivity index (χ1) is 15.1. The largest absolute Gasteiger partial charge is 0.342 e. The van der Waals surface area contributed by atoms with E-state index in [4.69, 9.17) is 5.41 Å². The van der Waals surface area contributed by atoms with Crippen molar-refractivity contribution < 1.29 is 4.79 Å². The summed E-state index contributed by atoms with van der Waals surface area (Å²) in [5.41, 5.74) is 0.507. The smallest absolute Gasteiger partial charge is 0.254 e. The first-order valence-corrected chi connectivity index (χ1v) is 12.3. The lowest BCUT2D eigenvalue weighted by molar-refractivity contribution is -0.131. The number of carbonyl (C=O) groups excluding carboxylic acids is 1. The third kappa shape index (κ3) is 5.46. The van der Waals surface area contributed by atoms with Gasteiger partial charge in [0, 0.05) is 25.8 Å². The predicted octanol–water partition coefficient (Wildman–Crippen LogP) is 4.22. The van der Waals surface area contributed by atoms with Crippen molar-refractivity contribution in [2.45, 2.75) is 95.2 Å². The standard InChI is InChI=1S/C25H39N5O/c1-30-23(31)25(29-24(30)26,14-13-19-8-3-2-4-9-19)17-20-10-7-12-21(16-20)28-18-22-11-5-6-15-27-22/h5-6,11,15,19-21,28H,2-4,7-10,12-14,16-18H2,1H3,(H2,26,29)/t20-,21+,25-/m1/s1. The van der Waals surface area contributed by atoms with Gasteiger partial charge in [0.25, 0.3) is 5.91 Å². The van der Waals surface area contributed by atoms with Crippen LogP contribution in [-0.4, -0.2) is 40.4 Å². The monoisotopic (exact) mass is 425 g/mol. The molecule has 0 spiro atoms. The van der Waals surface area contributed by atoms with Crippen molar-refractivity contribution in [2.24, 2.45) is 11.8 Å². The summed E-state index contributed by atoms with van der Waals surface area (Å²) in [5, 5.41) is 15.3. The van der Waals surface area contributed by atoms with Crippen LogP contribution in [0.3, 0.4) is 0 Å². The fourth-order valence-electron chi connectivity index (χ4n) is 6.03. The SMILES string of the molecule is CN1C(=N)N[C@](CCC2CCCCC2)(C[C@@H]2CCC[C@H](NCc3ccccn3)C2)C1=O. The Morgan fingerprint density at radius 3 is 2.68 bits per heavy atom. The predicted molar refractivity (Wildman–Crippen MR) is 124 cm³/mol. The normalized spacial score (nSPS) is 29.9. The molecule has 1 aromatic rings.